The molecule has 1 aliphatic carbocycles. The molecule has 4 rings (SSSR count). The number of alkyl halides is 3. The van der Waals surface area contributed by atoms with Gasteiger partial charge in [-0.3, -0.25) is 0 Å². The first kappa shape index (κ1) is 29.1. The molecule has 0 saturated heterocycles. The summed E-state index contributed by atoms with van der Waals surface area (Å²) in [6, 6.07) is 17.7. The van der Waals surface area contributed by atoms with Crippen LogP contribution >= 0.6 is 0 Å². The van der Waals surface area contributed by atoms with E-state index in [0.29, 0.717) is 6.07 Å². The fraction of sp³-hybridized carbons (Fsp3) is 0.286. The molecule has 212 valence electrons. The zero-order chi connectivity index (χ0) is 28.9. The number of aliphatic carboxylic acids is 1. The van der Waals surface area contributed by atoms with E-state index < -0.39 is 44.8 Å². The van der Waals surface area contributed by atoms with Crippen molar-refractivity contribution in [1.29, 1.82) is 0 Å². The van der Waals surface area contributed by atoms with Gasteiger partial charge in [-0.1, -0.05) is 54.6 Å². The molecule has 1 amide bonds. The van der Waals surface area contributed by atoms with Gasteiger partial charge in [-0.15, -0.1) is 0 Å². The Hall–Kier alpha value is -3.90. The van der Waals surface area contributed by atoms with Gasteiger partial charge < -0.3 is 15.2 Å². The van der Waals surface area contributed by atoms with Crippen molar-refractivity contribution < 1.29 is 41.0 Å². The van der Waals surface area contributed by atoms with Crippen LogP contribution in [0.4, 0.5) is 18.0 Å². The van der Waals surface area contributed by atoms with Crippen LogP contribution in [0.3, 0.4) is 0 Å². The van der Waals surface area contributed by atoms with E-state index in [2.05, 4.69) is 10.0 Å². The number of rotatable bonds is 11. The third-order valence-electron chi connectivity index (χ3n) is 6.62. The lowest BCUT2D eigenvalue weighted by Gasteiger charge is -2.17. The van der Waals surface area contributed by atoms with E-state index in [1.807, 2.05) is 48.5 Å². The Morgan fingerprint density at radius 2 is 1.55 bits per heavy atom. The highest BCUT2D eigenvalue weighted by atomic mass is 32.2. The van der Waals surface area contributed by atoms with Crippen molar-refractivity contribution in [3.05, 3.63) is 89.5 Å². The predicted octanol–water partition coefficient (Wildman–Crippen LogP) is 5.15. The minimum Gasteiger partial charge on any atom is -0.480 e. The third kappa shape index (κ3) is 6.80. The monoisotopic (exact) mass is 576 g/mol. The second-order valence-electron chi connectivity index (χ2n) is 9.28. The first-order chi connectivity index (χ1) is 19.0. The highest BCUT2D eigenvalue weighted by molar-refractivity contribution is 7.89. The van der Waals surface area contributed by atoms with E-state index in [1.165, 1.54) is 0 Å². The molecule has 0 aliphatic heterocycles. The molecule has 0 radical (unpaired) electrons. The Kier molecular flexibility index (Phi) is 8.79. The van der Waals surface area contributed by atoms with Crippen LogP contribution in [0.2, 0.25) is 0 Å². The highest BCUT2D eigenvalue weighted by Crippen LogP contribution is 2.44. The van der Waals surface area contributed by atoms with Crippen LogP contribution in [0.1, 0.15) is 41.9 Å². The Bertz CT molecular complexity index is 1450. The summed E-state index contributed by atoms with van der Waals surface area (Å²) in [6.07, 6.45) is -5.18. The van der Waals surface area contributed by atoms with Gasteiger partial charge >= 0.3 is 18.2 Å². The summed E-state index contributed by atoms with van der Waals surface area (Å²) < 4.78 is 71.0. The SMILES string of the molecule is O=C(N[C@@H](CCCCNS(=O)(=O)c1cccc(C(F)(F)F)c1)C(=O)O)OCC1c2ccccc2-c2ccccc21. The molecule has 0 spiro atoms. The Labute approximate surface area is 229 Å². The predicted molar refractivity (Wildman–Crippen MR) is 140 cm³/mol. The molecule has 0 bridgehead atoms. The van der Waals surface area contributed by atoms with Crippen molar-refractivity contribution >= 4 is 22.1 Å². The molecule has 0 heterocycles. The molecule has 40 heavy (non-hydrogen) atoms. The lowest BCUT2D eigenvalue weighted by molar-refractivity contribution is -0.139. The number of carboxylic acids is 1. The van der Waals surface area contributed by atoms with Gasteiger partial charge in [0.15, 0.2) is 0 Å². The summed E-state index contributed by atoms with van der Waals surface area (Å²) in [5, 5.41) is 11.9. The quantitative estimate of drug-likeness (QED) is 0.272. The van der Waals surface area contributed by atoms with Crippen LogP contribution < -0.4 is 10.0 Å². The molecule has 3 aromatic rings. The van der Waals surface area contributed by atoms with E-state index in [9.17, 15) is 36.3 Å². The summed E-state index contributed by atoms with van der Waals surface area (Å²) in [6.45, 7) is -0.112. The number of carbonyl (C=O) groups excluding carboxylic acids is 1. The molecule has 1 aliphatic rings. The topological polar surface area (TPSA) is 122 Å². The number of benzene rings is 3. The average molecular weight is 577 g/mol. The minimum absolute atomic E-state index is 0.00911. The fourth-order valence-electron chi connectivity index (χ4n) is 4.64. The number of amides is 1. The molecule has 1 atom stereocenters. The molecular weight excluding hydrogens is 549 g/mol. The van der Waals surface area contributed by atoms with Crippen molar-refractivity contribution in [3.63, 3.8) is 0 Å². The van der Waals surface area contributed by atoms with Gasteiger partial charge in [0.25, 0.3) is 0 Å². The van der Waals surface area contributed by atoms with E-state index >= 15 is 0 Å². The second-order valence-corrected chi connectivity index (χ2v) is 11.0. The molecule has 0 saturated carbocycles. The molecule has 3 N–H and O–H groups in total. The van der Waals surface area contributed by atoms with Crippen molar-refractivity contribution in [1.82, 2.24) is 10.0 Å². The number of hydrogen-bond donors (Lipinski definition) is 3. The summed E-state index contributed by atoms with van der Waals surface area (Å²) in [7, 11) is -4.19. The van der Waals surface area contributed by atoms with Crippen LogP contribution in [0.15, 0.2) is 77.7 Å². The first-order valence-corrected chi connectivity index (χ1v) is 14.0. The highest BCUT2D eigenvalue weighted by Gasteiger charge is 2.32. The maximum Gasteiger partial charge on any atom is 0.416 e. The number of ether oxygens (including phenoxy) is 1. The van der Waals surface area contributed by atoms with Crippen LogP contribution in [0, 0.1) is 0 Å². The molecule has 0 fully saturated rings. The van der Waals surface area contributed by atoms with Gasteiger partial charge in [-0.05, 0) is 59.7 Å². The first-order valence-electron chi connectivity index (χ1n) is 12.5. The fourth-order valence-corrected chi connectivity index (χ4v) is 5.76. The molecule has 0 aromatic heterocycles. The van der Waals surface area contributed by atoms with Crippen LogP contribution in [-0.4, -0.2) is 44.8 Å². The molecule has 0 unspecified atom stereocenters. The number of nitrogens with one attached hydrogen (secondary N) is 2. The second kappa shape index (κ2) is 12.1. The van der Waals surface area contributed by atoms with Gasteiger partial charge in [0.1, 0.15) is 12.6 Å². The van der Waals surface area contributed by atoms with Gasteiger partial charge in [0, 0.05) is 12.5 Å². The molecular formula is C28H27F3N2O6S. The summed E-state index contributed by atoms with van der Waals surface area (Å²) in [5.74, 6) is -1.47. The van der Waals surface area contributed by atoms with Crippen molar-refractivity contribution in [2.45, 2.75) is 42.3 Å². The summed E-state index contributed by atoms with van der Waals surface area (Å²) in [5.41, 5.74) is 3.05. The van der Waals surface area contributed by atoms with Crippen LogP contribution in [-0.2, 0) is 25.7 Å². The number of alkyl carbamates (subject to hydrolysis) is 1. The third-order valence-corrected chi connectivity index (χ3v) is 8.08. The lowest BCUT2D eigenvalue weighted by Crippen LogP contribution is -2.41. The Balaban J connectivity index is 1.25. The van der Waals surface area contributed by atoms with Crippen LogP contribution in [0.25, 0.3) is 11.1 Å². The molecule has 12 heteroatoms. The standard InChI is InChI=1S/C28H27F3N2O6S/c29-28(30,31)18-8-7-9-19(16-18)40(37,38)32-15-6-5-14-25(26(34)35)33-27(36)39-17-24-22-12-3-1-10-20(22)21-11-2-4-13-23(21)24/h1-4,7-13,16,24-25,32H,5-6,14-15,17H2,(H,33,36)(H,34,35)/t25-/m0/s1. The number of carboxylic acid groups (broad SMARTS) is 1. The van der Waals surface area contributed by atoms with E-state index in [-0.39, 0.29) is 38.3 Å². The van der Waals surface area contributed by atoms with E-state index in [4.69, 9.17) is 4.74 Å². The van der Waals surface area contributed by atoms with Gasteiger partial charge in [0.2, 0.25) is 10.0 Å². The maximum absolute atomic E-state index is 12.9. The minimum atomic E-state index is -4.68. The number of carbonyl (C=O) groups is 2. The normalized spacial score (nSPS) is 13.8. The Morgan fingerprint density at radius 3 is 2.15 bits per heavy atom. The smallest absolute Gasteiger partial charge is 0.416 e. The number of unbranched alkanes of at least 4 members (excludes halogenated alkanes) is 1. The van der Waals surface area contributed by atoms with Crippen LogP contribution in [0.5, 0.6) is 0 Å². The zero-order valence-electron chi connectivity index (χ0n) is 21.1. The molecule has 8 nitrogen and oxygen atoms in total. The van der Waals surface area contributed by atoms with E-state index in [1.54, 1.807) is 0 Å². The maximum atomic E-state index is 12.9. The number of hydrogen-bond acceptors (Lipinski definition) is 5. The van der Waals surface area contributed by atoms with Gasteiger partial charge in [-0.25, -0.2) is 22.7 Å². The summed E-state index contributed by atoms with van der Waals surface area (Å²) >= 11 is 0. The van der Waals surface area contributed by atoms with E-state index in [0.717, 1.165) is 40.5 Å². The molecule has 3 aromatic carbocycles. The van der Waals surface area contributed by atoms with Gasteiger partial charge in [0.05, 0.1) is 10.5 Å². The largest absolute Gasteiger partial charge is 0.480 e. The summed E-state index contributed by atoms with van der Waals surface area (Å²) in [4.78, 5) is 23.6. The van der Waals surface area contributed by atoms with Gasteiger partial charge in [-0.2, -0.15) is 13.2 Å². The number of sulfonamides is 1. The van der Waals surface area contributed by atoms with Crippen molar-refractivity contribution in [2.24, 2.45) is 0 Å². The average Bonchev–Trinajstić information content (AvgIpc) is 3.24. The zero-order valence-corrected chi connectivity index (χ0v) is 22.0. The Morgan fingerprint density at radius 1 is 0.925 bits per heavy atom. The number of halogens is 3. The lowest BCUT2D eigenvalue weighted by atomic mass is 9.98. The number of fused-ring (bicyclic) bond motifs is 3. The van der Waals surface area contributed by atoms with Crippen molar-refractivity contribution in [2.75, 3.05) is 13.2 Å². The van der Waals surface area contributed by atoms with Crippen molar-refractivity contribution in [3.8, 4) is 11.1 Å².